The fourth-order valence-electron chi connectivity index (χ4n) is 4.52. The maximum absolute atomic E-state index is 12.9. The summed E-state index contributed by atoms with van der Waals surface area (Å²) >= 11 is 0. The van der Waals surface area contributed by atoms with Crippen molar-refractivity contribution in [2.45, 2.75) is 32.4 Å². The molecule has 1 aromatic heterocycles. The van der Waals surface area contributed by atoms with E-state index in [9.17, 15) is 19.2 Å². The molecule has 1 atom stereocenters. The topological polar surface area (TPSA) is 121 Å². The van der Waals surface area contributed by atoms with Crippen molar-refractivity contribution in [1.82, 2.24) is 15.2 Å². The fourth-order valence-corrected chi connectivity index (χ4v) is 4.52. The van der Waals surface area contributed by atoms with Gasteiger partial charge in [0.05, 0.1) is 7.11 Å². The van der Waals surface area contributed by atoms with Crippen molar-refractivity contribution < 1.29 is 23.9 Å². The fraction of sp³-hybridized carbons (Fsp3) is 0.250. The van der Waals surface area contributed by atoms with Crippen LogP contribution >= 0.6 is 0 Å². The summed E-state index contributed by atoms with van der Waals surface area (Å²) in [5.74, 6) is -0.590. The maximum Gasteiger partial charge on any atom is 0.272 e. The molecule has 1 unspecified atom stereocenters. The van der Waals surface area contributed by atoms with Gasteiger partial charge in [-0.05, 0) is 55.3 Å². The molecule has 0 bridgehead atoms. The van der Waals surface area contributed by atoms with Crippen molar-refractivity contribution in [2.24, 2.45) is 0 Å². The highest BCUT2D eigenvalue weighted by Crippen LogP contribution is 2.30. The van der Waals surface area contributed by atoms with Crippen molar-refractivity contribution >= 4 is 40.2 Å². The summed E-state index contributed by atoms with van der Waals surface area (Å²) in [6.45, 7) is 2.18. The number of benzene rings is 2. The number of hydrogen-bond acceptors (Lipinski definition) is 5. The number of carbonyl (C=O) groups excluding carboxylic acids is 4. The number of methoxy groups -OCH3 is 1. The molecule has 3 N–H and O–H groups in total. The Balaban J connectivity index is 1.35. The molecule has 168 valence electrons. The summed E-state index contributed by atoms with van der Waals surface area (Å²) in [6, 6.07) is 9.88. The molecular weight excluding hydrogens is 424 g/mol. The molecule has 2 aromatic carbocycles. The molecule has 4 amide bonds. The van der Waals surface area contributed by atoms with Crippen LogP contribution in [0.1, 0.15) is 44.8 Å². The van der Waals surface area contributed by atoms with Gasteiger partial charge in [-0.15, -0.1) is 0 Å². The number of rotatable bonds is 4. The van der Waals surface area contributed by atoms with E-state index in [0.717, 1.165) is 27.8 Å². The van der Waals surface area contributed by atoms with E-state index in [1.165, 1.54) is 4.90 Å². The van der Waals surface area contributed by atoms with Gasteiger partial charge in [0, 0.05) is 40.7 Å². The Morgan fingerprint density at radius 3 is 2.73 bits per heavy atom. The Bertz CT molecular complexity index is 1340. The number of imide groups is 1. The van der Waals surface area contributed by atoms with Crippen LogP contribution in [-0.2, 0) is 16.1 Å². The Morgan fingerprint density at radius 1 is 1.15 bits per heavy atom. The highest BCUT2D eigenvalue weighted by Gasteiger charge is 2.39. The zero-order valence-electron chi connectivity index (χ0n) is 18.2. The Kier molecular flexibility index (Phi) is 4.88. The van der Waals surface area contributed by atoms with Gasteiger partial charge in [-0.25, -0.2) is 0 Å². The van der Waals surface area contributed by atoms with Crippen molar-refractivity contribution in [2.75, 3.05) is 12.4 Å². The zero-order chi connectivity index (χ0) is 23.3. The van der Waals surface area contributed by atoms with Crippen LogP contribution in [0.15, 0.2) is 36.4 Å². The first-order valence-corrected chi connectivity index (χ1v) is 10.6. The van der Waals surface area contributed by atoms with Gasteiger partial charge in [0.15, 0.2) is 0 Å². The summed E-state index contributed by atoms with van der Waals surface area (Å²) in [5, 5.41) is 6.06. The monoisotopic (exact) mass is 446 g/mol. The van der Waals surface area contributed by atoms with Gasteiger partial charge in [-0.2, -0.15) is 0 Å². The molecule has 5 rings (SSSR count). The van der Waals surface area contributed by atoms with Crippen molar-refractivity contribution in [3.05, 3.63) is 58.8 Å². The molecule has 0 radical (unpaired) electrons. The van der Waals surface area contributed by atoms with Crippen LogP contribution in [0.5, 0.6) is 5.75 Å². The number of fused-ring (bicyclic) bond motifs is 2. The quantitative estimate of drug-likeness (QED) is 0.532. The number of H-pyrrole nitrogens is 1. The van der Waals surface area contributed by atoms with Crippen molar-refractivity contribution in [3.63, 3.8) is 0 Å². The lowest BCUT2D eigenvalue weighted by Crippen LogP contribution is -2.52. The van der Waals surface area contributed by atoms with E-state index in [-0.39, 0.29) is 30.7 Å². The summed E-state index contributed by atoms with van der Waals surface area (Å²) < 4.78 is 5.35. The second-order valence-electron chi connectivity index (χ2n) is 8.26. The largest absolute Gasteiger partial charge is 0.496 e. The van der Waals surface area contributed by atoms with Crippen molar-refractivity contribution in [3.8, 4) is 5.75 Å². The van der Waals surface area contributed by atoms with E-state index in [1.807, 2.05) is 19.1 Å². The summed E-state index contributed by atoms with van der Waals surface area (Å²) in [6.07, 6.45) is 0.506. The molecule has 0 aliphatic carbocycles. The molecule has 3 aromatic rings. The van der Waals surface area contributed by atoms with Gasteiger partial charge in [0.2, 0.25) is 11.8 Å². The molecule has 3 heterocycles. The van der Waals surface area contributed by atoms with Crippen LogP contribution in [0.4, 0.5) is 5.69 Å². The smallest absolute Gasteiger partial charge is 0.272 e. The molecule has 0 saturated carbocycles. The predicted molar refractivity (Wildman–Crippen MR) is 120 cm³/mol. The van der Waals surface area contributed by atoms with Crippen LogP contribution in [-0.4, -0.2) is 46.7 Å². The lowest BCUT2D eigenvalue weighted by Gasteiger charge is -2.29. The van der Waals surface area contributed by atoms with E-state index < -0.39 is 11.9 Å². The van der Waals surface area contributed by atoms with Gasteiger partial charge in [0.25, 0.3) is 11.8 Å². The first-order valence-electron chi connectivity index (χ1n) is 10.6. The molecule has 2 aliphatic rings. The zero-order valence-corrected chi connectivity index (χ0v) is 18.2. The number of hydrogen-bond donors (Lipinski definition) is 3. The Hall–Kier alpha value is -4.14. The summed E-state index contributed by atoms with van der Waals surface area (Å²) in [5.41, 5.74) is 3.94. The van der Waals surface area contributed by atoms with Crippen LogP contribution in [0.3, 0.4) is 0 Å². The number of nitrogens with zero attached hydrogens (tertiary/aromatic N) is 1. The van der Waals surface area contributed by atoms with Gasteiger partial charge in [0.1, 0.15) is 17.5 Å². The van der Waals surface area contributed by atoms with Crippen LogP contribution in [0.2, 0.25) is 0 Å². The third kappa shape index (κ3) is 3.51. The van der Waals surface area contributed by atoms with Gasteiger partial charge >= 0.3 is 0 Å². The van der Waals surface area contributed by atoms with Crippen LogP contribution in [0, 0.1) is 6.92 Å². The van der Waals surface area contributed by atoms with Crippen molar-refractivity contribution in [1.29, 1.82) is 0 Å². The minimum absolute atomic E-state index is 0.202. The normalized spacial score (nSPS) is 17.8. The van der Waals surface area contributed by atoms with E-state index >= 15 is 0 Å². The molecule has 2 aliphatic heterocycles. The Labute approximate surface area is 189 Å². The third-order valence-corrected chi connectivity index (χ3v) is 6.27. The highest BCUT2D eigenvalue weighted by molar-refractivity contribution is 6.08. The molecule has 9 nitrogen and oxygen atoms in total. The predicted octanol–water partition coefficient (Wildman–Crippen LogP) is 2.50. The number of anilines is 1. The standard InChI is InChI=1S/C24H22N4O5/c1-12-16-10-18(26-17(16)5-7-20(12)33-2)22(30)25-14-3-4-15-13(9-14)11-28(24(15)32)19-6-8-21(29)27-23(19)31/h3-5,7,9-10,19,26H,6,8,11H2,1-2H3,(H,25,30)(H,27,29,31). The maximum atomic E-state index is 12.9. The number of aryl methyl sites for hydroxylation is 1. The number of piperidine rings is 1. The second-order valence-corrected chi connectivity index (χ2v) is 8.26. The Morgan fingerprint density at radius 2 is 1.97 bits per heavy atom. The summed E-state index contributed by atoms with van der Waals surface area (Å²) in [4.78, 5) is 53.9. The second kappa shape index (κ2) is 7.77. The van der Waals surface area contributed by atoms with Crippen LogP contribution in [0.25, 0.3) is 10.9 Å². The molecule has 9 heteroatoms. The molecular formula is C24H22N4O5. The van der Waals surface area contributed by atoms with Crippen LogP contribution < -0.4 is 15.4 Å². The van der Waals surface area contributed by atoms with E-state index in [0.29, 0.717) is 23.4 Å². The lowest BCUT2D eigenvalue weighted by molar-refractivity contribution is -0.136. The number of aromatic nitrogens is 1. The molecule has 1 fully saturated rings. The number of aromatic amines is 1. The first-order chi connectivity index (χ1) is 15.9. The SMILES string of the molecule is COc1ccc2[nH]c(C(=O)Nc3ccc4c(c3)CN(C3CCC(=O)NC3=O)C4=O)cc2c1C. The lowest BCUT2D eigenvalue weighted by atomic mass is 10.0. The average Bonchev–Trinajstić information content (AvgIpc) is 3.36. The first kappa shape index (κ1) is 20.7. The molecule has 0 spiro atoms. The van der Waals surface area contributed by atoms with Gasteiger partial charge in [-0.1, -0.05) is 0 Å². The number of amides is 4. The highest BCUT2D eigenvalue weighted by atomic mass is 16.5. The van der Waals surface area contributed by atoms with E-state index in [4.69, 9.17) is 4.74 Å². The van der Waals surface area contributed by atoms with Gasteiger partial charge in [-0.3, -0.25) is 24.5 Å². The summed E-state index contributed by atoms with van der Waals surface area (Å²) in [7, 11) is 1.61. The van der Waals surface area contributed by atoms with Gasteiger partial charge < -0.3 is 19.9 Å². The third-order valence-electron chi connectivity index (χ3n) is 6.27. The average molecular weight is 446 g/mol. The number of nitrogens with one attached hydrogen (secondary N) is 3. The minimum Gasteiger partial charge on any atom is -0.496 e. The molecule has 33 heavy (non-hydrogen) atoms. The number of ether oxygens (including phenoxy) is 1. The minimum atomic E-state index is -0.674. The van der Waals surface area contributed by atoms with E-state index in [2.05, 4.69) is 15.6 Å². The number of carbonyl (C=O) groups is 4. The van der Waals surface area contributed by atoms with E-state index in [1.54, 1.807) is 31.4 Å². The molecule has 1 saturated heterocycles.